The molecule has 0 fully saturated rings. The standard InChI is InChI=1S/C13H9BrN2O2/c1-2-7-15-8-9-16(13(18)12(15)17)11-5-3-10(14)4-6-11/h1,3-6,8-9H,7H2. The molecule has 2 aromatic rings. The van der Waals surface area contributed by atoms with Crippen molar-refractivity contribution in [2.45, 2.75) is 6.54 Å². The summed E-state index contributed by atoms with van der Waals surface area (Å²) in [6.45, 7) is 0.0925. The summed E-state index contributed by atoms with van der Waals surface area (Å²) in [6.07, 6.45) is 8.16. The summed E-state index contributed by atoms with van der Waals surface area (Å²) in [7, 11) is 0. The monoisotopic (exact) mass is 304 g/mol. The minimum absolute atomic E-state index is 0.0925. The van der Waals surface area contributed by atoms with Gasteiger partial charge in [-0.3, -0.25) is 18.7 Å². The third kappa shape index (κ3) is 2.29. The second-order valence-electron chi connectivity index (χ2n) is 3.59. The van der Waals surface area contributed by atoms with E-state index in [2.05, 4.69) is 21.9 Å². The molecule has 0 spiro atoms. The van der Waals surface area contributed by atoms with Gasteiger partial charge in [0.15, 0.2) is 0 Å². The first-order chi connectivity index (χ1) is 8.63. The van der Waals surface area contributed by atoms with E-state index in [0.717, 1.165) is 4.47 Å². The van der Waals surface area contributed by atoms with Crippen LogP contribution in [0, 0.1) is 12.3 Å². The number of benzene rings is 1. The lowest BCUT2D eigenvalue weighted by Crippen LogP contribution is -2.39. The molecule has 0 aliphatic rings. The molecule has 5 heteroatoms. The van der Waals surface area contributed by atoms with Crippen molar-refractivity contribution in [3.05, 3.63) is 61.8 Å². The molecule has 0 aliphatic heterocycles. The number of terminal acetylenes is 1. The zero-order valence-electron chi connectivity index (χ0n) is 9.34. The Morgan fingerprint density at radius 3 is 2.39 bits per heavy atom. The molecule has 2 rings (SSSR count). The van der Waals surface area contributed by atoms with Crippen LogP contribution in [0.4, 0.5) is 0 Å². The van der Waals surface area contributed by atoms with Gasteiger partial charge >= 0.3 is 11.1 Å². The summed E-state index contributed by atoms with van der Waals surface area (Å²) >= 11 is 3.31. The first kappa shape index (κ1) is 12.4. The maximum absolute atomic E-state index is 11.9. The first-order valence-electron chi connectivity index (χ1n) is 5.15. The largest absolute Gasteiger partial charge is 0.321 e. The summed E-state index contributed by atoms with van der Waals surface area (Å²) in [6, 6.07) is 7.09. The van der Waals surface area contributed by atoms with E-state index in [1.54, 1.807) is 24.3 Å². The molecule has 0 aliphatic carbocycles. The molecule has 1 heterocycles. The van der Waals surface area contributed by atoms with Crippen LogP contribution in [-0.4, -0.2) is 9.13 Å². The fourth-order valence-corrected chi connectivity index (χ4v) is 1.80. The first-order valence-corrected chi connectivity index (χ1v) is 5.94. The van der Waals surface area contributed by atoms with E-state index in [-0.39, 0.29) is 6.54 Å². The lowest BCUT2D eigenvalue weighted by Gasteiger charge is -2.07. The molecule has 90 valence electrons. The predicted octanol–water partition coefficient (Wildman–Crippen LogP) is 1.39. The fourth-order valence-electron chi connectivity index (χ4n) is 1.54. The van der Waals surface area contributed by atoms with Gasteiger partial charge in [-0.25, -0.2) is 0 Å². The van der Waals surface area contributed by atoms with E-state index in [4.69, 9.17) is 6.42 Å². The Morgan fingerprint density at radius 1 is 1.11 bits per heavy atom. The highest BCUT2D eigenvalue weighted by atomic mass is 79.9. The normalized spacial score (nSPS) is 10.0. The van der Waals surface area contributed by atoms with Crippen molar-refractivity contribution >= 4 is 15.9 Å². The summed E-state index contributed by atoms with van der Waals surface area (Å²) in [5, 5.41) is 0. The summed E-state index contributed by atoms with van der Waals surface area (Å²) in [5.41, 5.74) is -0.610. The fraction of sp³-hybridized carbons (Fsp3) is 0.0769. The molecule has 0 radical (unpaired) electrons. The number of nitrogens with zero attached hydrogens (tertiary/aromatic N) is 2. The lowest BCUT2D eigenvalue weighted by molar-refractivity contribution is 0.744. The van der Waals surface area contributed by atoms with Crippen LogP contribution in [0.2, 0.25) is 0 Å². The minimum Gasteiger partial charge on any atom is -0.298 e. The second kappa shape index (κ2) is 5.07. The number of rotatable bonds is 2. The Labute approximate surface area is 112 Å². The number of hydrogen-bond donors (Lipinski definition) is 0. The third-order valence-electron chi connectivity index (χ3n) is 2.42. The quantitative estimate of drug-likeness (QED) is 0.622. The van der Waals surface area contributed by atoms with Crippen LogP contribution in [0.15, 0.2) is 50.7 Å². The van der Waals surface area contributed by atoms with Gasteiger partial charge < -0.3 is 0 Å². The molecule has 0 amide bonds. The van der Waals surface area contributed by atoms with E-state index < -0.39 is 11.1 Å². The zero-order valence-corrected chi connectivity index (χ0v) is 10.9. The molecular weight excluding hydrogens is 296 g/mol. The van der Waals surface area contributed by atoms with Crippen molar-refractivity contribution in [2.24, 2.45) is 0 Å². The van der Waals surface area contributed by atoms with Gasteiger partial charge in [-0.15, -0.1) is 6.42 Å². The van der Waals surface area contributed by atoms with Crippen LogP contribution in [-0.2, 0) is 6.54 Å². The number of halogens is 1. The highest BCUT2D eigenvalue weighted by Gasteiger charge is 2.05. The van der Waals surface area contributed by atoms with Crippen molar-refractivity contribution in [2.75, 3.05) is 0 Å². The van der Waals surface area contributed by atoms with Crippen LogP contribution in [0.1, 0.15) is 0 Å². The second-order valence-corrected chi connectivity index (χ2v) is 4.50. The summed E-state index contributed by atoms with van der Waals surface area (Å²) in [4.78, 5) is 23.6. The average Bonchev–Trinajstić information content (AvgIpc) is 2.37. The van der Waals surface area contributed by atoms with Crippen LogP contribution < -0.4 is 11.1 Å². The molecule has 0 bridgehead atoms. The molecule has 4 nitrogen and oxygen atoms in total. The minimum atomic E-state index is -0.627. The van der Waals surface area contributed by atoms with Gasteiger partial charge in [-0.05, 0) is 24.3 Å². The van der Waals surface area contributed by atoms with Crippen molar-refractivity contribution in [1.29, 1.82) is 0 Å². The van der Waals surface area contributed by atoms with Crippen LogP contribution >= 0.6 is 15.9 Å². The van der Waals surface area contributed by atoms with Crippen molar-refractivity contribution < 1.29 is 0 Å². The van der Waals surface area contributed by atoms with Crippen LogP contribution in [0.5, 0.6) is 0 Å². The van der Waals surface area contributed by atoms with Gasteiger partial charge in [-0.1, -0.05) is 21.9 Å². The highest BCUT2D eigenvalue weighted by molar-refractivity contribution is 9.10. The summed E-state index contributed by atoms with van der Waals surface area (Å²) in [5.74, 6) is 2.33. The van der Waals surface area contributed by atoms with Gasteiger partial charge in [0.05, 0.1) is 6.54 Å². The zero-order chi connectivity index (χ0) is 13.1. The van der Waals surface area contributed by atoms with Gasteiger partial charge in [0.25, 0.3) is 0 Å². The van der Waals surface area contributed by atoms with Crippen molar-refractivity contribution in [3.8, 4) is 18.0 Å². The molecule has 0 saturated carbocycles. The molecule has 1 aromatic carbocycles. The Hall–Kier alpha value is -2.06. The molecule has 0 saturated heterocycles. The summed E-state index contributed by atoms with van der Waals surface area (Å²) < 4.78 is 3.40. The maximum atomic E-state index is 11.9. The van der Waals surface area contributed by atoms with Crippen LogP contribution in [0.3, 0.4) is 0 Å². The van der Waals surface area contributed by atoms with E-state index in [1.807, 2.05) is 0 Å². The topological polar surface area (TPSA) is 44.0 Å². The van der Waals surface area contributed by atoms with Crippen molar-refractivity contribution in [3.63, 3.8) is 0 Å². The van der Waals surface area contributed by atoms with E-state index in [1.165, 1.54) is 21.5 Å². The van der Waals surface area contributed by atoms with Gasteiger partial charge in [0.2, 0.25) is 0 Å². The van der Waals surface area contributed by atoms with Gasteiger partial charge in [0.1, 0.15) is 0 Å². The predicted molar refractivity (Wildman–Crippen MR) is 72.8 cm³/mol. The average molecular weight is 305 g/mol. The smallest absolute Gasteiger partial charge is 0.298 e. The van der Waals surface area contributed by atoms with Crippen LogP contribution in [0.25, 0.3) is 5.69 Å². The molecular formula is C13H9BrN2O2. The lowest BCUT2D eigenvalue weighted by atomic mass is 10.3. The Bertz CT molecular complexity index is 720. The SMILES string of the molecule is C#CCn1ccn(-c2ccc(Br)cc2)c(=O)c1=O. The van der Waals surface area contributed by atoms with Gasteiger partial charge in [-0.2, -0.15) is 0 Å². The Balaban J connectivity index is 2.58. The molecule has 0 unspecified atom stereocenters. The molecule has 18 heavy (non-hydrogen) atoms. The maximum Gasteiger partial charge on any atom is 0.321 e. The van der Waals surface area contributed by atoms with E-state index in [0.29, 0.717) is 5.69 Å². The third-order valence-corrected chi connectivity index (χ3v) is 2.95. The molecule has 0 N–H and O–H groups in total. The molecule has 1 aromatic heterocycles. The molecule has 0 atom stereocenters. The Kier molecular flexibility index (Phi) is 3.49. The van der Waals surface area contributed by atoms with Gasteiger partial charge in [0, 0.05) is 22.6 Å². The Morgan fingerprint density at radius 2 is 1.78 bits per heavy atom. The number of hydrogen-bond acceptors (Lipinski definition) is 2. The highest BCUT2D eigenvalue weighted by Crippen LogP contribution is 2.12. The number of aromatic nitrogens is 2. The van der Waals surface area contributed by atoms with E-state index >= 15 is 0 Å². The van der Waals surface area contributed by atoms with Crippen molar-refractivity contribution in [1.82, 2.24) is 9.13 Å². The van der Waals surface area contributed by atoms with E-state index in [9.17, 15) is 9.59 Å².